The van der Waals surface area contributed by atoms with Gasteiger partial charge in [0.2, 0.25) is 0 Å². The van der Waals surface area contributed by atoms with Gasteiger partial charge in [-0.15, -0.1) is 0 Å². The van der Waals surface area contributed by atoms with Gasteiger partial charge in [-0.25, -0.2) is 0 Å². The van der Waals surface area contributed by atoms with E-state index in [1.165, 1.54) is 32.1 Å². The van der Waals surface area contributed by atoms with Crippen LogP contribution in [0.4, 0.5) is 0 Å². The molecule has 0 saturated carbocycles. The largest absolute Gasteiger partial charge is 0.465 e. The van der Waals surface area contributed by atoms with E-state index in [0.29, 0.717) is 6.42 Å². The topological polar surface area (TPSA) is 87.0 Å². The van der Waals surface area contributed by atoms with E-state index in [9.17, 15) is 20.1 Å². The van der Waals surface area contributed by atoms with Crippen molar-refractivity contribution in [1.29, 1.82) is 0 Å². The number of hydrogen-bond acceptors (Lipinski definition) is 5. The number of ether oxygens (including phenoxy) is 1. The molecule has 0 atom stereocenters. The van der Waals surface area contributed by atoms with Crippen LogP contribution in [0.15, 0.2) is 24.3 Å². The van der Waals surface area contributed by atoms with E-state index < -0.39 is 25.2 Å². The number of allylic oxidation sites excluding steroid dienone is 4. The molecule has 0 rings (SSSR count). The summed E-state index contributed by atoms with van der Waals surface area (Å²) in [6.45, 7) is 0.809. The highest BCUT2D eigenvalue weighted by Gasteiger charge is 2.29. The first-order chi connectivity index (χ1) is 13.6. The number of aliphatic hydroxyl groups is 3. The Balaban J connectivity index is 3.52. The lowest BCUT2D eigenvalue weighted by Crippen LogP contribution is -2.39. The van der Waals surface area contributed by atoms with Crippen LogP contribution >= 0.6 is 0 Å². The first-order valence-electron chi connectivity index (χ1n) is 10.9. The van der Waals surface area contributed by atoms with Crippen LogP contribution in [0.1, 0.15) is 84.0 Å². The summed E-state index contributed by atoms with van der Waals surface area (Å²) >= 11 is 0. The third kappa shape index (κ3) is 14.8. The second-order valence-electron chi connectivity index (χ2n) is 7.62. The highest BCUT2D eigenvalue weighted by atomic mass is 16.5. The minimum atomic E-state index is -1.14. The molecule has 0 heterocycles. The lowest BCUT2D eigenvalue weighted by atomic mass is 9.93. The molecule has 0 bridgehead atoms. The van der Waals surface area contributed by atoms with E-state index in [1.807, 2.05) is 0 Å². The van der Waals surface area contributed by atoms with Crippen molar-refractivity contribution < 1.29 is 24.9 Å². The average molecular weight is 399 g/mol. The number of rotatable bonds is 19. The SMILES string of the molecule is CCCCCC=CCC=CCCCCCCCC(=O)OCC(CO)(CO)CO. The van der Waals surface area contributed by atoms with Gasteiger partial charge in [0.05, 0.1) is 25.2 Å². The predicted molar refractivity (Wildman–Crippen MR) is 114 cm³/mol. The van der Waals surface area contributed by atoms with Crippen molar-refractivity contribution in [2.75, 3.05) is 26.4 Å². The van der Waals surface area contributed by atoms with Crippen molar-refractivity contribution in [2.24, 2.45) is 5.41 Å². The Kier molecular flexibility index (Phi) is 18.4. The maximum atomic E-state index is 11.7. The van der Waals surface area contributed by atoms with Crippen molar-refractivity contribution >= 4 is 5.97 Å². The molecule has 0 aliphatic heterocycles. The summed E-state index contributed by atoms with van der Waals surface area (Å²) in [5, 5.41) is 27.6. The first-order valence-corrected chi connectivity index (χ1v) is 10.9. The lowest BCUT2D eigenvalue weighted by Gasteiger charge is -2.26. The molecule has 28 heavy (non-hydrogen) atoms. The van der Waals surface area contributed by atoms with Gasteiger partial charge in [0, 0.05) is 6.42 Å². The van der Waals surface area contributed by atoms with Gasteiger partial charge < -0.3 is 20.1 Å². The Morgan fingerprint density at radius 1 is 0.786 bits per heavy atom. The van der Waals surface area contributed by atoms with Crippen LogP contribution in [0.3, 0.4) is 0 Å². The average Bonchev–Trinajstić information content (AvgIpc) is 2.72. The molecule has 0 spiro atoms. The summed E-state index contributed by atoms with van der Waals surface area (Å²) in [5.74, 6) is -0.342. The Morgan fingerprint density at radius 2 is 1.32 bits per heavy atom. The van der Waals surface area contributed by atoms with Crippen LogP contribution in [0.25, 0.3) is 0 Å². The van der Waals surface area contributed by atoms with E-state index in [4.69, 9.17) is 4.74 Å². The third-order valence-corrected chi connectivity index (χ3v) is 4.88. The molecule has 0 fully saturated rings. The molecule has 0 unspecified atom stereocenters. The quantitative estimate of drug-likeness (QED) is 0.171. The van der Waals surface area contributed by atoms with E-state index in [0.717, 1.165) is 38.5 Å². The summed E-state index contributed by atoms with van der Waals surface area (Å²) in [7, 11) is 0. The first kappa shape index (κ1) is 26.8. The number of unbranched alkanes of at least 4 members (excludes halogenated alkanes) is 8. The second kappa shape index (κ2) is 19.2. The molecule has 0 amide bonds. The van der Waals surface area contributed by atoms with Gasteiger partial charge in [0.15, 0.2) is 0 Å². The monoisotopic (exact) mass is 398 g/mol. The number of carbonyl (C=O) groups excluding carboxylic acids is 1. The molecule has 3 N–H and O–H groups in total. The van der Waals surface area contributed by atoms with Gasteiger partial charge in [0.1, 0.15) is 6.61 Å². The van der Waals surface area contributed by atoms with Crippen LogP contribution in [0.2, 0.25) is 0 Å². The third-order valence-electron chi connectivity index (χ3n) is 4.88. The molecular weight excluding hydrogens is 356 g/mol. The Hall–Kier alpha value is -1.17. The van der Waals surface area contributed by atoms with Crippen LogP contribution in [0, 0.1) is 5.41 Å². The maximum absolute atomic E-state index is 11.7. The maximum Gasteiger partial charge on any atom is 0.305 e. The summed E-state index contributed by atoms with van der Waals surface area (Å²) in [6, 6.07) is 0. The van der Waals surface area contributed by atoms with Crippen molar-refractivity contribution in [3.63, 3.8) is 0 Å². The summed E-state index contributed by atoms with van der Waals surface area (Å²) in [6.07, 6.45) is 21.8. The van der Waals surface area contributed by atoms with E-state index in [2.05, 4.69) is 31.2 Å². The zero-order valence-electron chi connectivity index (χ0n) is 17.8. The van der Waals surface area contributed by atoms with Crippen molar-refractivity contribution in [3.05, 3.63) is 24.3 Å². The Labute approximate surface area is 171 Å². The van der Waals surface area contributed by atoms with Crippen LogP contribution in [-0.2, 0) is 9.53 Å². The molecule has 0 aromatic heterocycles. The summed E-state index contributed by atoms with van der Waals surface area (Å²) < 4.78 is 5.07. The Morgan fingerprint density at radius 3 is 1.89 bits per heavy atom. The molecule has 5 nitrogen and oxygen atoms in total. The molecule has 164 valence electrons. The molecule has 0 radical (unpaired) electrons. The highest BCUT2D eigenvalue weighted by molar-refractivity contribution is 5.69. The second-order valence-corrected chi connectivity index (χ2v) is 7.62. The standard InChI is InChI=1S/C23H42O5/c1-2-3-4-5-6-7-8-9-10-11-12-13-14-15-16-17-22(27)28-21-23(18-24,19-25)20-26/h6-7,9-10,24-26H,2-5,8,11-21H2,1H3. The molecule has 0 aliphatic carbocycles. The minimum Gasteiger partial charge on any atom is -0.465 e. The van der Waals surface area contributed by atoms with Gasteiger partial charge in [-0.1, -0.05) is 63.3 Å². The minimum absolute atomic E-state index is 0.157. The van der Waals surface area contributed by atoms with Crippen LogP contribution in [-0.4, -0.2) is 47.7 Å². The number of carbonyl (C=O) groups is 1. The van der Waals surface area contributed by atoms with Crippen molar-refractivity contribution in [3.8, 4) is 0 Å². The molecular formula is C23H42O5. The predicted octanol–water partition coefficient (Wildman–Crippen LogP) is 4.31. The van der Waals surface area contributed by atoms with Crippen molar-refractivity contribution in [2.45, 2.75) is 84.0 Å². The zero-order valence-corrected chi connectivity index (χ0v) is 17.8. The Bertz CT molecular complexity index is 405. The number of aliphatic hydroxyl groups excluding tert-OH is 3. The fraction of sp³-hybridized carbons (Fsp3) is 0.783. The summed E-state index contributed by atoms with van der Waals surface area (Å²) in [4.78, 5) is 11.7. The molecule has 0 aromatic rings. The number of hydrogen-bond donors (Lipinski definition) is 3. The fourth-order valence-electron chi connectivity index (χ4n) is 2.67. The van der Waals surface area contributed by atoms with E-state index in [1.54, 1.807) is 0 Å². The smallest absolute Gasteiger partial charge is 0.305 e. The van der Waals surface area contributed by atoms with Crippen LogP contribution < -0.4 is 0 Å². The molecule has 0 aliphatic rings. The van der Waals surface area contributed by atoms with Gasteiger partial charge in [-0.05, 0) is 38.5 Å². The van der Waals surface area contributed by atoms with Gasteiger partial charge in [-0.2, -0.15) is 0 Å². The van der Waals surface area contributed by atoms with Crippen molar-refractivity contribution in [1.82, 2.24) is 0 Å². The van der Waals surface area contributed by atoms with E-state index >= 15 is 0 Å². The normalized spacial score (nSPS) is 12.3. The van der Waals surface area contributed by atoms with Gasteiger partial charge >= 0.3 is 5.97 Å². The van der Waals surface area contributed by atoms with Gasteiger partial charge in [0.25, 0.3) is 0 Å². The van der Waals surface area contributed by atoms with Gasteiger partial charge in [-0.3, -0.25) is 4.79 Å². The fourth-order valence-corrected chi connectivity index (χ4v) is 2.67. The molecule has 0 saturated heterocycles. The van der Waals surface area contributed by atoms with E-state index in [-0.39, 0.29) is 12.6 Å². The summed E-state index contributed by atoms with van der Waals surface area (Å²) in [5.41, 5.74) is -1.14. The lowest BCUT2D eigenvalue weighted by molar-refractivity contribution is -0.151. The number of esters is 1. The molecule has 0 aromatic carbocycles. The van der Waals surface area contributed by atoms with Crippen LogP contribution in [0.5, 0.6) is 0 Å². The highest BCUT2D eigenvalue weighted by Crippen LogP contribution is 2.16. The molecule has 5 heteroatoms. The zero-order chi connectivity index (χ0) is 20.9.